The van der Waals surface area contributed by atoms with E-state index < -0.39 is 0 Å². The van der Waals surface area contributed by atoms with Crippen LogP contribution in [0.3, 0.4) is 0 Å². The van der Waals surface area contributed by atoms with Crippen LogP contribution in [0.2, 0.25) is 0 Å². The molecule has 2 aromatic carbocycles. The number of benzene rings is 2. The van der Waals surface area contributed by atoms with Gasteiger partial charge in [-0.3, -0.25) is 9.59 Å². The number of methoxy groups -OCH3 is 1. The van der Waals surface area contributed by atoms with Gasteiger partial charge in [0, 0.05) is 24.2 Å². The molecule has 25 heavy (non-hydrogen) atoms. The molecule has 0 saturated carbocycles. The van der Waals surface area contributed by atoms with Crippen LogP contribution >= 0.6 is 0 Å². The number of rotatable bonds is 4. The van der Waals surface area contributed by atoms with E-state index >= 15 is 0 Å². The average Bonchev–Trinajstić information content (AvgIpc) is 3.00. The zero-order valence-electron chi connectivity index (χ0n) is 14.8. The number of nitrogens with one attached hydrogen (secondary N) is 1. The molecule has 0 aliphatic carbocycles. The van der Waals surface area contributed by atoms with E-state index in [2.05, 4.69) is 5.32 Å². The molecule has 2 aromatic rings. The van der Waals surface area contributed by atoms with Crippen LogP contribution in [-0.2, 0) is 4.79 Å². The van der Waals surface area contributed by atoms with Gasteiger partial charge in [-0.1, -0.05) is 17.7 Å². The quantitative estimate of drug-likeness (QED) is 0.925. The number of aryl methyl sites for hydroxylation is 2. The Kier molecular flexibility index (Phi) is 4.74. The molecule has 1 N–H and O–H groups in total. The number of amides is 2. The highest BCUT2D eigenvalue weighted by Gasteiger charge is 2.25. The van der Waals surface area contributed by atoms with Crippen molar-refractivity contribution >= 4 is 23.2 Å². The van der Waals surface area contributed by atoms with E-state index in [0.29, 0.717) is 35.7 Å². The Bertz CT molecular complexity index is 830. The van der Waals surface area contributed by atoms with Crippen LogP contribution < -0.4 is 15.0 Å². The van der Waals surface area contributed by atoms with Crippen LogP contribution in [0.5, 0.6) is 5.75 Å². The number of ether oxygens (including phenoxy) is 1. The molecule has 5 nitrogen and oxygen atoms in total. The maximum absolute atomic E-state index is 12.6. The van der Waals surface area contributed by atoms with Crippen molar-refractivity contribution in [2.75, 3.05) is 23.9 Å². The first kappa shape index (κ1) is 17.0. The molecule has 0 radical (unpaired) electrons. The van der Waals surface area contributed by atoms with Crippen LogP contribution in [0, 0.1) is 13.8 Å². The van der Waals surface area contributed by atoms with Crippen molar-refractivity contribution in [1.82, 2.24) is 0 Å². The summed E-state index contributed by atoms with van der Waals surface area (Å²) in [5.41, 5.74) is 4.03. The molecule has 1 fully saturated rings. The minimum absolute atomic E-state index is 0.0798. The average molecular weight is 338 g/mol. The maximum atomic E-state index is 12.6. The molecule has 0 spiro atoms. The zero-order chi connectivity index (χ0) is 18.0. The van der Waals surface area contributed by atoms with Gasteiger partial charge in [-0.25, -0.2) is 0 Å². The lowest BCUT2D eigenvalue weighted by atomic mass is 10.1. The number of anilines is 2. The highest BCUT2D eigenvalue weighted by Crippen LogP contribution is 2.34. The minimum atomic E-state index is -0.165. The van der Waals surface area contributed by atoms with Gasteiger partial charge in [-0.05, 0) is 50.1 Å². The molecule has 0 bridgehead atoms. The molecule has 1 aliphatic rings. The largest absolute Gasteiger partial charge is 0.495 e. The summed E-state index contributed by atoms with van der Waals surface area (Å²) in [6.07, 6.45) is 1.38. The number of hydrogen-bond acceptors (Lipinski definition) is 3. The highest BCUT2D eigenvalue weighted by molar-refractivity contribution is 6.06. The topological polar surface area (TPSA) is 58.6 Å². The van der Waals surface area contributed by atoms with Crippen LogP contribution in [0.15, 0.2) is 36.4 Å². The lowest BCUT2D eigenvalue weighted by Gasteiger charge is -2.20. The summed E-state index contributed by atoms with van der Waals surface area (Å²) in [4.78, 5) is 26.3. The van der Waals surface area contributed by atoms with Gasteiger partial charge in [0.2, 0.25) is 5.91 Å². The maximum Gasteiger partial charge on any atom is 0.255 e. The van der Waals surface area contributed by atoms with Crippen molar-refractivity contribution < 1.29 is 14.3 Å². The van der Waals surface area contributed by atoms with Gasteiger partial charge in [0.15, 0.2) is 0 Å². The molecular formula is C20H22N2O3. The van der Waals surface area contributed by atoms with Crippen molar-refractivity contribution in [2.45, 2.75) is 26.7 Å². The fraction of sp³-hybridized carbons (Fsp3) is 0.300. The molecule has 0 atom stereocenters. The van der Waals surface area contributed by atoms with Crippen molar-refractivity contribution in [3.8, 4) is 5.75 Å². The van der Waals surface area contributed by atoms with Crippen LogP contribution in [0.4, 0.5) is 11.4 Å². The summed E-state index contributed by atoms with van der Waals surface area (Å²) in [6, 6.07) is 11.1. The van der Waals surface area contributed by atoms with Crippen molar-refractivity contribution in [2.24, 2.45) is 0 Å². The van der Waals surface area contributed by atoms with E-state index in [0.717, 1.165) is 17.5 Å². The predicted octanol–water partition coefficient (Wildman–Crippen LogP) is 3.69. The van der Waals surface area contributed by atoms with E-state index in [9.17, 15) is 9.59 Å². The summed E-state index contributed by atoms with van der Waals surface area (Å²) in [7, 11) is 1.58. The highest BCUT2D eigenvalue weighted by atomic mass is 16.5. The second kappa shape index (κ2) is 6.97. The molecule has 0 unspecified atom stereocenters. The first-order valence-corrected chi connectivity index (χ1v) is 8.36. The third-order valence-corrected chi connectivity index (χ3v) is 4.43. The number of hydrogen-bond donors (Lipinski definition) is 1. The smallest absolute Gasteiger partial charge is 0.255 e. The van der Waals surface area contributed by atoms with Gasteiger partial charge in [0.25, 0.3) is 5.91 Å². The lowest BCUT2D eigenvalue weighted by molar-refractivity contribution is -0.117. The Balaban J connectivity index is 1.87. The summed E-state index contributed by atoms with van der Waals surface area (Å²) in [6.45, 7) is 4.59. The van der Waals surface area contributed by atoms with Gasteiger partial charge in [0.1, 0.15) is 5.75 Å². The van der Waals surface area contributed by atoms with Crippen molar-refractivity contribution in [3.05, 3.63) is 53.1 Å². The third kappa shape index (κ3) is 3.50. The third-order valence-electron chi connectivity index (χ3n) is 4.43. The Morgan fingerprint density at radius 3 is 2.60 bits per heavy atom. The molecule has 1 saturated heterocycles. The van der Waals surface area contributed by atoms with Gasteiger partial charge >= 0.3 is 0 Å². The summed E-state index contributed by atoms with van der Waals surface area (Å²) in [5, 5.41) is 2.92. The molecule has 0 aromatic heterocycles. The van der Waals surface area contributed by atoms with Crippen LogP contribution in [0.25, 0.3) is 0 Å². The van der Waals surface area contributed by atoms with E-state index in [1.807, 2.05) is 32.0 Å². The second-order valence-corrected chi connectivity index (χ2v) is 6.31. The number of nitrogens with zero attached hydrogens (tertiary/aromatic N) is 1. The fourth-order valence-electron chi connectivity index (χ4n) is 3.15. The van der Waals surface area contributed by atoms with Gasteiger partial charge in [0.05, 0.1) is 12.8 Å². The fourth-order valence-corrected chi connectivity index (χ4v) is 3.15. The van der Waals surface area contributed by atoms with E-state index in [1.165, 1.54) is 0 Å². The predicted molar refractivity (Wildman–Crippen MR) is 98.5 cm³/mol. The first-order valence-electron chi connectivity index (χ1n) is 8.36. The molecule has 1 aliphatic heterocycles. The van der Waals surface area contributed by atoms with Crippen LogP contribution in [-0.4, -0.2) is 25.5 Å². The van der Waals surface area contributed by atoms with Crippen molar-refractivity contribution in [3.63, 3.8) is 0 Å². The van der Waals surface area contributed by atoms with Gasteiger partial charge in [-0.15, -0.1) is 0 Å². The monoisotopic (exact) mass is 338 g/mol. The summed E-state index contributed by atoms with van der Waals surface area (Å²) in [5.74, 6) is 0.539. The van der Waals surface area contributed by atoms with E-state index in [-0.39, 0.29) is 11.8 Å². The standard InChI is InChI=1S/C20H22N2O3/c1-13-6-8-16(14(2)11-13)20(24)21-15-7-9-18(25-3)17(12-15)22-10-4-5-19(22)23/h6-9,11-12H,4-5,10H2,1-3H3,(H,21,24). The second-order valence-electron chi connectivity index (χ2n) is 6.31. The summed E-state index contributed by atoms with van der Waals surface area (Å²) < 4.78 is 5.38. The van der Waals surface area contributed by atoms with Crippen molar-refractivity contribution in [1.29, 1.82) is 0 Å². The first-order chi connectivity index (χ1) is 12.0. The Labute approximate surface area is 147 Å². The SMILES string of the molecule is COc1ccc(NC(=O)c2ccc(C)cc2C)cc1N1CCCC1=O. The molecule has 5 heteroatoms. The van der Waals surface area contributed by atoms with Gasteiger partial charge in [-0.2, -0.15) is 0 Å². The van der Waals surface area contributed by atoms with E-state index in [1.54, 1.807) is 30.2 Å². The normalized spacial score (nSPS) is 13.9. The zero-order valence-corrected chi connectivity index (χ0v) is 14.8. The lowest BCUT2D eigenvalue weighted by Crippen LogP contribution is -2.24. The van der Waals surface area contributed by atoms with Crippen LogP contribution in [0.1, 0.15) is 34.3 Å². The molecule has 3 rings (SSSR count). The number of carbonyl (C=O) groups is 2. The Morgan fingerprint density at radius 1 is 1.16 bits per heavy atom. The minimum Gasteiger partial charge on any atom is -0.495 e. The molecule has 130 valence electrons. The van der Waals surface area contributed by atoms with Gasteiger partial charge < -0.3 is 15.0 Å². The summed E-state index contributed by atoms with van der Waals surface area (Å²) >= 11 is 0. The molecular weight excluding hydrogens is 316 g/mol. The molecule has 2 amide bonds. The Morgan fingerprint density at radius 2 is 1.96 bits per heavy atom. The molecule has 1 heterocycles. The van der Waals surface area contributed by atoms with E-state index in [4.69, 9.17) is 4.74 Å². The number of carbonyl (C=O) groups excluding carboxylic acids is 2. The Hall–Kier alpha value is -2.82.